The monoisotopic (exact) mass is 266 g/mol. The number of amides is 2. The van der Waals surface area contributed by atoms with Crippen molar-refractivity contribution in [1.82, 2.24) is 10.2 Å². The summed E-state index contributed by atoms with van der Waals surface area (Å²) in [5.74, 6) is 0.193. The number of hydrogen-bond acceptors (Lipinski definition) is 2. The predicted molar refractivity (Wildman–Crippen MR) is 74.6 cm³/mol. The Bertz CT molecular complexity index is 361. The Morgan fingerprint density at radius 3 is 2.58 bits per heavy atom. The number of rotatable bonds is 3. The minimum absolute atomic E-state index is 0.00836. The first-order chi connectivity index (χ1) is 9.00. The van der Waals surface area contributed by atoms with Gasteiger partial charge in [-0.25, -0.2) is 0 Å². The summed E-state index contributed by atoms with van der Waals surface area (Å²) in [6, 6.07) is 0.228. The highest BCUT2D eigenvalue weighted by Gasteiger charge is 2.48. The van der Waals surface area contributed by atoms with Crippen molar-refractivity contribution in [1.29, 1.82) is 0 Å². The van der Waals surface area contributed by atoms with E-state index in [-0.39, 0.29) is 23.9 Å². The number of nitrogens with zero attached hydrogens (tertiary/aromatic N) is 1. The molecule has 4 nitrogen and oxygen atoms in total. The Morgan fingerprint density at radius 2 is 2.00 bits per heavy atom. The van der Waals surface area contributed by atoms with Gasteiger partial charge < -0.3 is 10.2 Å². The lowest BCUT2D eigenvalue weighted by Crippen LogP contribution is -2.57. The third-order valence-electron chi connectivity index (χ3n) is 4.62. The maximum Gasteiger partial charge on any atom is 0.248 e. The van der Waals surface area contributed by atoms with E-state index in [0.29, 0.717) is 6.42 Å². The molecule has 2 aliphatic rings. The molecule has 0 aromatic carbocycles. The largest absolute Gasteiger partial charge is 0.342 e. The molecule has 1 N–H and O–H groups in total. The van der Waals surface area contributed by atoms with Gasteiger partial charge in [-0.15, -0.1) is 0 Å². The highest BCUT2D eigenvalue weighted by molar-refractivity contribution is 5.94. The van der Waals surface area contributed by atoms with E-state index in [4.69, 9.17) is 0 Å². The average molecular weight is 266 g/mol. The molecule has 108 valence electrons. The number of carbonyl (C=O) groups excluding carboxylic acids is 2. The van der Waals surface area contributed by atoms with Crippen LogP contribution in [-0.2, 0) is 9.59 Å². The first kappa shape index (κ1) is 14.4. The van der Waals surface area contributed by atoms with E-state index in [1.54, 1.807) is 0 Å². The molecule has 0 aromatic rings. The van der Waals surface area contributed by atoms with Gasteiger partial charge in [-0.3, -0.25) is 9.59 Å². The van der Waals surface area contributed by atoms with Crippen LogP contribution in [0.5, 0.6) is 0 Å². The van der Waals surface area contributed by atoms with Crippen LogP contribution in [0.1, 0.15) is 65.7 Å². The minimum Gasteiger partial charge on any atom is -0.342 e. The van der Waals surface area contributed by atoms with Gasteiger partial charge in [-0.1, -0.05) is 26.2 Å². The van der Waals surface area contributed by atoms with Crippen LogP contribution in [0.25, 0.3) is 0 Å². The molecule has 2 atom stereocenters. The van der Waals surface area contributed by atoms with Crippen LogP contribution in [0.15, 0.2) is 0 Å². The van der Waals surface area contributed by atoms with E-state index in [2.05, 4.69) is 19.2 Å². The number of nitrogens with one attached hydrogen (secondary N) is 1. The summed E-state index contributed by atoms with van der Waals surface area (Å²) >= 11 is 0. The predicted octanol–water partition coefficient (Wildman–Crippen LogP) is 2.22. The molecule has 2 fully saturated rings. The maximum absolute atomic E-state index is 13.0. The molecule has 19 heavy (non-hydrogen) atoms. The van der Waals surface area contributed by atoms with Crippen LogP contribution >= 0.6 is 0 Å². The fourth-order valence-electron chi connectivity index (χ4n) is 3.69. The molecule has 0 radical (unpaired) electrons. The van der Waals surface area contributed by atoms with Crippen LogP contribution in [0.3, 0.4) is 0 Å². The van der Waals surface area contributed by atoms with Crippen molar-refractivity contribution in [3.8, 4) is 0 Å². The molecule has 1 aliphatic carbocycles. The van der Waals surface area contributed by atoms with Gasteiger partial charge >= 0.3 is 0 Å². The zero-order chi connectivity index (χ0) is 14.0. The van der Waals surface area contributed by atoms with Gasteiger partial charge in [-0.05, 0) is 33.1 Å². The van der Waals surface area contributed by atoms with Crippen LogP contribution in [0.4, 0.5) is 0 Å². The zero-order valence-electron chi connectivity index (χ0n) is 12.4. The first-order valence-corrected chi connectivity index (χ1v) is 7.64. The molecule has 2 rings (SSSR count). The summed E-state index contributed by atoms with van der Waals surface area (Å²) in [7, 11) is 0. The second kappa shape index (κ2) is 5.51. The Morgan fingerprint density at radius 1 is 1.37 bits per heavy atom. The molecule has 1 spiro atoms. The molecule has 2 amide bonds. The van der Waals surface area contributed by atoms with E-state index < -0.39 is 5.54 Å². The van der Waals surface area contributed by atoms with Gasteiger partial charge in [0.15, 0.2) is 0 Å². The summed E-state index contributed by atoms with van der Waals surface area (Å²) < 4.78 is 0. The second-order valence-electron chi connectivity index (χ2n) is 6.24. The van der Waals surface area contributed by atoms with Crippen LogP contribution < -0.4 is 5.32 Å². The number of hydrogen-bond donors (Lipinski definition) is 1. The Kier molecular flexibility index (Phi) is 4.16. The summed E-state index contributed by atoms with van der Waals surface area (Å²) in [5.41, 5.74) is -0.593. The maximum atomic E-state index is 13.0. The van der Waals surface area contributed by atoms with Gasteiger partial charge in [0.1, 0.15) is 5.54 Å². The van der Waals surface area contributed by atoms with E-state index in [0.717, 1.165) is 38.5 Å². The minimum atomic E-state index is -0.593. The van der Waals surface area contributed by atoms with E-state index in [1.807, 2.05) is 11.8 Å². The topological polar surface area (TPSA) is 49.4 Å². The fourth-order valence-corrected chi connectivity index (χ4v) is 3.69. The van der Waals surface area contributed by atoms with Crippen molar-refractivity contribution in [3.05, 3.63) is 0 Å². The smallest absolute Gasteiger partial charge is 0.248 e. The molecule has 0 bridgehead atoms. The third-order valence-corrected chi connectivity index (χ3v) is 4.62. The Balaban J connectivity index is 2.29. The lowest BCUT2D eigenvalue weighted by Gasteiger charge is -2.38. The second-order valence-corrected chi connectivity index (χ2v) is 6.24. The van der Waals surface area contributed by atoms with Crippen molar-refractivity contribution in [3.63, 3.8) is 0 Å². The van der Waals surface area contributed by atoms with Crippen molar-refractivity contribution >= 4 is 11.8 Å². The van der Waals surface area contributed by atoms with Gasteiger partial charge in [0.25, 0.3) is 0 Å². The number of carbonyl (C=O) groups is 2. The van der Waals surface area contributed by atoms with Gasteiger partial charge in [-0.2, -0.15) is 0 Å². The molecule has 1 saturated carbocycles. The highest BCUT2D eigenvalue weighted by Crippen LogP contribution is 2.35. The Hall–Kier alpha value is -1.06. The van der Waals surface area contributed by atoms with Crippen LogP contribution in [0, 0.1) is 0 Å². The molecule has 1 aliphatic heterocycles. The summed E-state index contributed by atoms with van der Waals surface area (Å²) in [4.78, 5) is 27.0. The first-order valence-electron chi connectivity index (χ1n) is 7.64. The lowest BCUT2D eigenvalue weighted by atomic mass is 9.94. The molecular formula is C15H26N2O2. The van der Waals surface area contributed by atoms with E-state index >= 15 is 0 Å². The fraction of sp³-hybridized carbons (Fsp3) is 0.867. The van der Waals surface area contributed by atoms with E-state index in [9.17, 15) is 9.59 Å². The summed E-state index contributed by atoms with van der Waals surface area (Å²) in [6.07, 6.45) is 6.18. The molecule has 1 saturated heterocycles. The molecular weight excluding hydrogens is 240 g/mol. The average Bonchev–Trinajstić information content (AvgIpc) is 2.75. The van der Waals surface area contributed by atoms with Crippen LogP contribution in [-0.4, -0.2) is 34.3 Å². The van der Waals surface area contributed by atoms with E-state index in [1.165, 1.54) is 0 Å². The molecule has 1 heterocycles. The van der Waals surface area contributed by atoms with Crippen molar-refractivity contribution in [2.75, 3.05) is 0 Å². The molecule has 2 unspecified atom stereocenters. The highest BCUT2D eigenvalue weighted by atomic mass is 16.2. The van der Waals surface area contributed by atoms with Crippen molar-refractivity contribution in [2.45, 2.75) is 83.3 Å². The Labute approximate surface area is 115 Å². The SMILES string of the molecule is CCCC(C)N1C(=O)C2(CCCC2)NC(=O)CC1C. The quantitative estimate of drug-likeness (QED) is 0.851. The normalized spacial score (nSPS) is 28.4. The van der Waals surface area contributed by atoms with Gasteiger partial charge in [0.2, 0.25) is 11.8 Å². The molecule has 4 heteroatoms. The standard InChI is InChI=1S/C15H26N2O2/c1-4-7-11(2)17-12(3)10-13(18)16-15(14(17)19)8-5-6-9-15/h11-12H,4-10H2,1-3H3,(H,16,18). The zero-order valence-corrected chi connectivity index (χ0v) is 12.4. The summed E-state index contributed by atoms with van der Waals surface area (Å²) in [6.45, 7) is 6.24. The van der Waals surface area contributed by atoms with Crippen molar-refractivity contribution in [2.24, 2.45) is 0 Å². The lowest BCUT2D eigenvalue weighted by molar-refractivity contribution is -0.142. The van der Waals surface area contributed by atoms with Gasteiger partial charge in [0, 0.05) is 18.5 Å². The van der Waals surface area contributed by atoms with Crippen molar-refractivity contribution < 1.29 is 9.59 Å². The van der Waals surface area contributed by atoms with Gasteiger partial charge in [0.05, 0.1) is 0 Å². The molecule has 0 aromatic heterocycles. The third kappa shape index (κ3) is 2.63. The van der Waals surface area contributed by atoms with Crippen LogP contribution in [0.2, 0.25) is 0 Å². The summed E-state index contributed by atoms with van der Waals surface area (Å²) in [5, 5.41) is 3.03.